The van der Waals surface area contributed by atoms with Crippen LogP contribution in [0, 0.1) is 0 Å². The molecule has 6 amide bonds. The second-order valence-corrected chi connectivity index (χ2v) is 18.0. The Morgan fingerprint density at radius 2 is 1.23 bits per heavy atom. The third kappa shape index (κ3) is 34.4. The van der Waals surface area contributed by atoms with Gasteiger partial charge in [0.1, 0.15) is 29.6 Å². The van der Waals surface area contributed by atoms with E-state index < -0.39 is 65.6 Å². The van der Waals surface area contributed by atoms with Crippen LogP contribution in [0.4, 0.5) is 14.4 Å². The lowest BCUT2D eigenvalue weighted by Gasteiger charge is -2.26. The van der Waals surface area contributed by atoms with E-state index in [1.54, 1.807) is 76.2 Å². The van der Waals surface area contributed by atoms with E-state index in [2.05, 4.69) is 26.6 Å². The molecule has 0 saturated carbocycles. The Bertz CT molecular complexity index is 1750. The number of ether oxygens (including phenoxy) is 6. The highest BCUT2D eigenvalue weighted by Gasteiger charge is 2.25. The molecule has 0 bridgehead atoms. The maximum absolute atomic E-state index is 12.5. The number of hydrogen-bond acceptors (Lipinski definition) is 19. The van der Waals surface area contributed by atoms with Crippen molar-refractivity contribution in [3.05, 3.63) is 35.9 Å². The number of rotatable bonds is 23. The van der Waals surface area contributed by atoms with Gasteiger partial charge in [0.2, 0.25) is 24.1 Å². The Balaban J connectivity index is 0.00000107. The van der Waals surface area contributed by atoms with Crippen molar-refractivity contribution in [1.82, 2.24) is 41.3 Å². The maximum Gasteiger partial charge on any atom is 0.407 e. The Kier molecular flexibility index (Phi) is 30.8. The predicted molar refractivity (Wildman–Crippen MR) is 254 cm³/mol. The minimum Gasteiger partial charge on any atom is -0.465 e. The summed E-state index contributed by atoms with van der Waals surface area (Å²) in [6.07, 6.45) is -4.06. The second-order valence-electron chi connectivity index (χ2n) is 18.0. The van der Waals surface area contributed by atoms with Crippen LogP contribution in [0.3, 0.4) is 0 Å². The third-order valence-corrected chi connectivity index (χ3v) is 8.22. The molecule has 25 nitrogen and oxygen atoms in total. The van der Waals surface area contributed by atoms with Crippen molar-refractivity contribution in [3.63, 3.8) is 0 Å². The van der Waals surface area contributed by atoms with Crippen LogP contribution in [-0.2, 0) is 59.0 Å². The molecule has 400 valence electrons. The Hall–Kier alpha value is -5.86. The number of nitrogens with one attached hydrogen (secondary N) is 5. The molecular formula is C45H79N9O16. The first-order valence-corrected chi connectivity index (χ1v) is 22.8. The molecule has 9 N–H and O–H groups in total. The van der Waals surface area contributed by atoms with Crippen LogP contribution < -0.4 is 32.3 Å². The molecule has 2 atom stereocenters. The van der Waals surface area contributed by atoms with Crippen LogP contribution >= 0.6 is 0 Å². The van der Waals surface area contributed by atoms with E-state index in [0.717, 1.165) is 5.56 Å². The summed E-state index contributed by atoms with van der Waals surface area (Å²) in [5.41, 5.74) is 4.47. The quantitative estimate of drug-likeness (QED) is 0.0410. The fourth-order valence-electron chi connectivity index (χ4n) is 5.24. The molecule has 1 aromatic carbocycles. The summed E-state index contributed by atoms with van der Waals surface area (Å²) < 4.78 is 30.2. The SMILES string of the molecule is CC(C)(C)OC(=O)NCCN1CC(=O)NCC1=O.CCOC(=O)CN(CCNC(=O)OC(C)(C)C)C(=O)CNC(O)OCc1ccccc1.CCOC(=O)CN(CCNC(=O)OC(C)(C)C)[C@H](O)CN. The molecule has 0 aliphatic carbocycles. The van der Waals surface area contributed by atoms with Crippen molar-refractivity contribution in [1.29, 1.82) is 0 Å². The molecule has 1 aromatic rings. The highest BCUT2D eigenvalue weighted by molar-refractivity contribution is 5.92. The van der Waals surface area contributed by atoms with Gasteiger partial charge < -0.3 is 75.4 Å². The molecule has 2 rings (SSSR count). The molecule has 1 aliphatic heterocycles. The lowest BCUT2D eigenvalue weighted by Crippen LogP contribution is -2.53. The molecule has 1 unspecified atom stereocenters. The first kappa shape index (κ1) is 64.1. The predicted octanol–water partition coefficient (Wildman–Crippen LogP) is 0.108. The average molecular weight is 1000 g/mol. The van der Waals surface area contributed by atoms with Gasteiger partial charge in [0, 0.05) is 45.8 Å². The Morgan fingerprint density at radius 1 is 0.743 bits per heavy atom. The molecule has 1 aliphatic rings. The molecule has 0 radical (unpaired) electrons. The number of hydrogen-bond donors (Lipinski definition) is 8. The second kappa shape index (κ2) is 33.6. The van der Waals surface area contributed by atoms with Crippen LogP contribution in [0.15, 0.2) is 30.3 Å². The van der Waals surface area contributed by atoms with Crippen molar-refractivity contribution < 1.29 is 77.0 Å². The van der Waals surface area contributed by atoms with Crippen LogP contribution in [-0.4, -0.2) is 194 Å². The van der Waals surface area contributed by atoms with Gasteiger partial charge in [-0.2, -0.15) is 0 Å². The standard InChI is InChI=1S/C21H33N3O7.C13H27N3O5.C11H19N3O4/c1-5-29-18(26)14-24(12-11-22-20(28)31-21(2,3)4)17(25)13-23-19(27)30-15-16-9-7-6-8-10-16;1-5-20-11(18)9-16(10(17)8-14)7-6-15-12(19)21-13(2,3)4;1-11(2,3)18-10(17)12-4-5-14-7-8(15)13-6-9(14)16/h6-10,19,23,27H,5,11-15H2,1-4H3,(H,22,28);10,17H,5-9,14H2,1-4H3,(H,15,19);4-7H2,1-3H3,(H,12,17)(H,13,15)/t;10-;/m.1./s1. The Labute approximate surface area is 411 Å². The third-order valence-electron chi connectivity index (χ3n) is 8.22. The zero-order valence-electron chi connectivity index (χ0n) is 42.7. The van der Waals surface area contributed by atoms with E-state index in [0.29, 0.717) is 6.54 Å². The van der Waals surface area contributed by atoms with Crippen LogP contribution in [0.2, 0.25) is 0 Å². The maximum atomic E-state index is 12.5. The fraction of sp³-hybridized carbons (Fsp3) is 0.689. The van der Waals surface area contributed by atoms with Gasteiger partial charge in [-0.05, 0) is 81.7 Å². The minimum atomic E-state index is -1.37. The van der Waals surface area contributed by atoms with Crippen molar-refractivity contribution in [2.24, 2.45) is 5.73 Å². The van der Waals surface area contributed by atoms with Crippen molar-refractivity contribution in [2.45, 2.75) is 112 Å². The van der Waals surface area contributed by atoms with E-state index >= 15 is 0 Å². The Morgan fingerprint density at radius 3 is 1.71 bits per heavy atom. The summed E-state index contributed by atoms with van der Waals surface area (Å²) in [6.45, 7) is 20.3. The molecule has 70 heavy (non-hydrogen) atoms. The van der Waals surface area contributed by atoms with Gasteiger partial charge in [-0.15, -0.1) is 0 Å². The number of alkyl carbamates (subject to hydrolysis) is 3. The van der Waals surface area contributed by atoms with Crippen LogP contribution in [0.1, 0.15) is 81.7 Å². The smallest absolute Gasteiger partial charge is 0.407 e. The number of aliphatic hydroxyl groups is 2. The first-order chi connectivity index (χ1) is 32.6. The van der Waals surface area contributed by atoms with Crippen molar-refractivity contribution in [2.75, 3.05) is 91.8 Å². The fourth-order valence-corrected chi connectivity index (χ4v) is 5.24. The molecule has 1 fully saturated rings. The van der Waals surface area contributed by atoms with Gasteiger partial charge in [0.05, 0.1) is 46.0 Å². The van der Waals surface area contributed by atoms with Crippen LogP contribution in [0.25, 0.3) is 0 Å². The van der Waals surface area contributed by atoms with Crippen molar-refractivity contribution in [3.8, 4) is 0 Å². The number of aliphatic hydroxyl groups excluding tert-OH is 2. The van der Waals surface area contributed by atoms with Crippen LogP contribution in [0.5, 0.6) is 0 Å². The van der Waals surface area contributed by atoms with E-state index in [1.165, 1.54) is 14.7 Å². The largest absolute Gasteiger partial charge is 0.465 e. The lowest BCUT2D eigenvalue weighted by molar-refractivity contribution is -0.151. The van der Waals surface area contributed by atoms with Gasteiger partial charge in [-0.3, -0.25) is 34.2 Å². The van der Waals surface area contributed by atoms with E-state index in [-0.39, 0.29) is 104 Å². The van der Waals surface area contributed by atoms with Gasteiger partial charge in [0.25, 0.3) is 0 Å². The van der Waals surface area contributed by atoms with Gasteiger partial charge in [0.15, 0.2) is 0 Å². The number of piperazine rings is 1. The number of carbonyl (C=O) groups excluding carboxylic acids is 8. The van der Waals surface area contributed by atoms with Gasteiger partial charge in [-0.1, -0.05) is 30.3 Å². The molecule has 1 heterocycles. The normalized spacial score (nSPS) is 13.4. The summed E-state index contributed by atoms with van der Waals surface area (Å²) in [5.74, 6) is -1.84. The van der Waals surface area contributed by atoms with Gasteiger partial charge in [-0.25, -0.2) is 14.4 Å². The molecule has 1 saturated heterocycles. The highest BCUT2D eigenvalue weighted by atomic mass is 16.6. The number of nitrogens with two attached hydrogens (primary N) is 1. The monoisotopic (exact) mass is 1000 g/mol. The zero-order chi connectivity index (χ0) is 53.5. The van der Waals surface area contributed by atoms with E-state index in [9.17, 15) is 48.6 Å². The summed E-state index contributed by atoms with van der Waals surface area (Å²) in [6, 6.07) is 9.25. The molecule has 0 aromatic heterocycles. The average Bonchev–Trinajstić information content (AvgIpc) is 3.24. The molecule has 25 heteroatoms. The summed E-state index contributed by atoms with van der Waals surface area (Å²) in [4.78, 5) is 96.8. The number of esters is 2. The van der Waals surface area contributed by atoms with E-state index in [4.69, 9.17) is 34.2 Å². The van der Waals surface area contributed by atoms with E-state index in [1.807, 2.05) is 30.3 Å². The summed E-state index contributed by atoms with van der Waals surface area (Å²) in [5, 5.41) is 32.2. The first-order valence-electron chi connectivity index (χ1n) is 22.8. The zero-order valence-corrected chi connectivity index (χ0v) is 42.7. The summed E-state index contributed by atoms with van der Waals surface area (Å²) in [7, 11) is 0. The number of carbonyl (C=O) groups is 8. The number of benzene rings is 1. The highest BCUT2D eigenvalue weighted by Crippen LogP contribution is 2.08. The number of amides is 6. The number of nitrogens with zero attached hydrogens (tertiary/aromatic N) is 3. The lowest BCUT2D eigenvalue weighted by atomic mass is 10.2. The molecule has 0 spiro atoms. The topological polar surface area (TPSA) is 328 Å². The van der Waals surface area contributed by atoms with Crippen molar-refractivity contribution >= 4 is 47.9 Å². The molecular weight excluding hydrogens is 923 g/mol. The van der Waals surface area contributed by atoms with Gasteiger partial charge >= 0.3 is 30.2 Å². The summed E-state index contributed by atoms with van der Waals surface area (Å²) >= 11 is 0. The minimum absolute atomic E-state index is 0.0191.